The number of pyridine rings is 1. The fraction of sp³-hybridized carbons (Fsp3) is 0.300. The normalized spacial score (nSPS) is 14.2. The fourth-order valence-electron chi connectivity index (χ4n) is 3.39. The maximum atomic E-state index is 14.0. The second-order valence-corrected chi connectivity index (χ2v) is 7.62. The summed E-state index contributed by atoms with van der Waals surface area (Å²) >= 11 is 1.33. The zero-order valence-corrected chi connectivity index (χ0v) is 15.4. The maximum Gasteiger partial charge on any atom is 0.261 e. The molecule has 1 aliphatic heterocycles. The predicted molar refractivity (Wildman–Crippen MR) is 103 cm³/mol. The molecular weight excluding hydrogens is 349 g/mol. The number of aryl methyl sites for hydroxylation is 1. The second kappa shape index (κ2) is 7.03. The Labute approximate surface area is 155 Å². The number of rotatable bonds is 4. The van der Waals surface area contributed by atoms with E-state index in [2.05, 4.69) is 15.2 Å². The lowest BCUT2D eigenvalue weighted by molar-refractivity contribution is 0.0954. The van der Waals surface area contributed by atoms with Gasteiger partial charge in [-0.2, -0.15) is 0 Å². The third-order valence-corrected chi connectivity index (χ3v) is 6.06. The van der Waals surface area contributed by atoms with Crippen LogP contribution in [0.5, 0.6) is 0 Å². The molecule has 1 aliphatic rings. The van der Waals surface area contributed by atoms with Crippen molar-refractivity contribution in [3.05, 3.63) is 58.3 Å². The van der Waals surface area contributed by atoms with Crippen molar-refractivity contribution in [3.8, 4) is 0 Å². The molecule has 3 aromatic rings. The number of carbonyl (C=O) groups excluding carboxylic acids is 1. The third-order valence-electron chi connectivity index (χ3n) is 4.80. The Bertz CT molecular complexity index is 946. The van der Waals surface area contributed by atoms with E-state index in [-0.39, 0.29) is 11.7 Å². The number of anilines is 1. The summed E-state index contributed by atoms with van der Waals surface area (Å²) in [5.41, 5.74) is 1.65. The zero-order chi connectivity index (χ0) is 18.1. The second-order valence-electron chi connectivity index (χ2n) is 6.57. The molecule has 0 aliphatic carbocycles. The number of hydrogen-bond acceptors (Lipinski definition) is 4. The number of aromatic nitrogens is 1. The molecule has 0 spiro atoms. The maximum absolute atomic E-state index is 14.0. The molecular formula is C20H20FN3OS. The molecule has 1 aromatic carbocycles. The van der Waals surface area contributed by atoms with Gasteiger partial charge in [0.1, 0.15) is 11.6 Å². The van der Waals surface area contributed by atoms with Crippen molar-refractivity contribution >= 4 is 33.1 Å². The molecule has 0 unspecified atom stereocenters. The quantitative estimate of drug-likeness (QED) is 0.747. The Morgan fingerprint density at radius 2 is 2.08 bits per heavy atom. The van der Waals surface area contributed by atoms with Gasteiger partial charge in [-0.15, -0.1) is 11.3 Å². The highest BCUT2D eigenvalue weighted by molar-refractivity contribution is 7.21. The Morgan fingerprint density at radius 3 is 2.77 bits per heavy atom. The van der Waals surface area contributed by atoms with Gasteiger partial charge in [-0.1, -0.05) is 12.1 Å². The highest BCUT2D eigenvalue weighted by Gasteiger charge is 2.18. The van der Waals surface area contributed by atoms with Crippen molar-refractivity contribution in [3.63, 3.8) is 0 Å². The highest BCUT2D eigenvalue weighted by atomic mass is 32.1. The van der Waals surface area contributed by atoms with Gasteiger partial charge in [0.2, 0.25) is 0 Å². The van der Waals surface area contributed by atoms with Crippen molar-refractivity contribution in [2.75, 3.05) is 18.0 Å². The summed E-state index contributed by atoms with van der Waals surface area (Å²) in [4.78, 5) is 19.9. The Hall–Kier alpha value is -2.47. The zero-order valence-electron chi connectivity index (χ0n) is 14.6. The van der Waals surface area contributed by atoms with Gasteiger partial charge in [0.15, 0.2) is 0 Å². The molecule has 6 heteroatoms. The number of halogens is 1. The minimum absolute atomic E-state index is 0.174. The summed E-state index contributed by atoms with van der Waals surface area (Å²) in [6.07, 6.45) is 4.24. The molecule has 2 aromatic heterocycles. The molecule has 4 nitrogen and oxygen atoms in total. The topological polar surface area (TPSA) is 45.2 Å². The van der Waals surface area contributed by atoms with Crippen LogP contribution in [-0.4, -0.2) is 24.0 Å². The van der Waals surface area contributed by atoms with Gasteiger partial charge < -0.3 is 10.2 Å². The predicted octanol–water partition coefficient (Wildman–Crippen LogP) is 4.27. The van der Waals surface area contributed by atoms with Crippen LogP contribution in [0.2, 0.25) is 0 Å². The van der Waals surface area contributed by atoms with E-state index < -0.39 is 0 Å². The van der Waals surface area contributed by atoms with Crippen molar-refractivity contribution in [1.29, 1.82) is 0 Å². The van der Waals surface area contributed by atoms with Crippen LogP contribution in [0.25, 0.3) is 10.1 Å². The molecule has 0 atom stereocenters. The lowest BCUT2D eigenvalue weighted by atomic mass is 10.1. The summed E-state index contributed by atoms with van der Waals surface area (Å²) in [6, 6.07) is 8.94. The molecule has 0 saturated carbocycles. The minimum atomic E-state index is -0.281. The van der Waals surface area contributed by atoms with E-state index in [0.29, 0.717) is 22.4 Å². The number of carbonyl (C=O) groups is 1. The van der Waals surface area contributed by atoms with Crippen LogP contribution in [-0.2, 0) is 6.54 Å². The smallest absolute Gasteiger partial charge is 0.261 e. The van der Waals surface area contributed by atoms with E-state index in [1.54, 1.807) is 13.0 Å². The van der Waals surface area contributed by atoms with Crippen LogP contribution in [0.15, 0.2) is 36.5 Å². The van der Waals surface area contributed by atoms with Crippen LogP contribution >= 0.6 is 11.3 Å². The SMILES string of the molecule is Cc1c(C(=O)NCc2ccc(N3CCCC3)nc2)sc2cccc(F)c12. The van der Waals surface area contributed by atoms with Gasteiger partial charge in [0.25, 0.3) is 5.91 Å². The molecule has 134 valence electrons. The minimum Gasteiger partial charge on any atom is -0.357 e. The number of thiophene rings is 1. The fourth-order valence-corrected chi connectivity index (χ4v) is 4.53. The summed E-state index contributed by atoms with van der Waals surface area (Å²) in [5.74, 6) is 0.539. The molecule has 0 radical (unpaired) electrons. The number of amides is 1. The standard InChI is InChI=1S/C20H20FN3OS/c1-13-18-15(21)5-4-6-16(18)26-19(13)20(25)23-12-14-7-8-17(22-11-14)24-9-2-3-10-24/h4-8,11H,2-3,9-10,12H2,1H3,(H,23,25). The average Bonchev–Trinajstić information content (AvgIpc) is 3.29. The first-order valence-electron chi connectivity index (χ1n) is 8.79. The van der Waals surface area contributed by atoms with Crippen LogP contribution in [0.4, 0.5) is 10.2 Å². The van der Waals surface area contributed by atoms with E-state index in [9.17, 15) is 9.18 Å². The van der Waals surface area contributed by atoms with Crippen LogP contribution < -0.4 is 10.2 Å². The number of nitrogens with one attached hydrogen (secondary N) is 1. The summed E-state index contributed by atoms with van der Waals surface area (Å²) in [6.45, 7) is 4.32. The first-order chi connectivity index (χ1) is 12.6. The van der Waals surface area contributed by atoms with Gasteiger partial charge in [0, 0.05) is 35.9 Å². The Kier molecular flexibility index (Phi) is 4.59. The van der Waals surface area contributed by atoms with E-state index in [4.69, 9.17) is 0 Å². The first-order valence-corrected chi connectivity index (χ1v) is 9.61. The van der Waals surface area contributed by atoms with Crippen LogP contribution in [0.1, 0.15) is 33.6 Å². The van der Waals surface area contributed by atoms with Crippen molar-refractivity contribution < 1.29 is 9.18 Å². The molecule has 1 saturated heterocycles. The Morgan fingerprint density at radius 1 is 1.27 bits per heavy atom. The molecule has 1 amide bonds. The summed E-state index contributed by atoms with van der Waals surface area (Å²) in [5, 5.41) is 3.46. The molecule has 0 bridgehead atoms. The first kappa shape index (κ1) is 17.0. The van der Waals surface area contributed by atoms with Gasteiger partial charge in [-0.25, -0.2) is 9.37 Å². The van der Waals surface area contributed by atoms with Crippen molar-refractivity contribution in [2.45, 2.75) is 26.3 Å². The van der Waals surface area contributed by atoms with Gasteiger partial charge in [-0.05, 0) is 49.1 Å². The van der Waals surface area contributed by atoms with E-state index in [1.807, 2.05) is 24.4 Å². The molecule has 4 rings (SSSR count). The number of benzene rings is 1. The lowest BCUT2D eigenvalue weighted by Crippen LogP contribution is -2.23. The highest BCUT2D eigenvalue weighted by Crippen LogP contribution is 2.32. The Balaban J connectivity index is 1.45. The molecule has 3 heterocycles. The number of fused-ring (bicyclic) bond motifs is 1. The van der Waals surface area contributed by atoms with Crippen LogP contribution in [0.3, 0.4) is 0 Å². The number of nitrogens with zero attached hydrogens (tertiary/aromatic N) is 2. The molecule has 1 fully saturated rings. The van der Waals surface area contributed by atoms with Gasteiger partial charge in [-0.3, -0.25) is 4.79 Å². The van der Waals surface area contributed by atoms with Crippen molar-refractivity contribution in [1.82, 2.24) is 10.3 Å². The number of hydrogen-bond donors (Lipinski definition) is 1. The lowest BCUT2D eigenvalue weighted by Gasteiger charge is -2.16. The van der Waals surface area contributed by atoms with Gasteiger partial charge >= 0.3 is 0 Å². The van der Waals surface area contributed by atoms with Crippen molar-refractivity contribution in [2.24, 2.45) is 0 Å². The van der Waals surface area contributed by atoms with E-state index in [1.165, 1.54) is 30.2 Å². The monoisotopic (exact) mass is 369 g/mol. The van der Waals surface area contributed by atoms with Gasteiger partial charge in [0.05, 0.1) is 4.88 Å². The average molecular weight is 369 g/mol. The van der Waals surface area contributed by atoms with E-state index in [0.717, 1.165) is 29.2 Å². The third kappa shape index (κ3) is 3.17. The largest absolute Gasteiger partial charge is 0.357 e. The summed E-state index contributed by atoms with van der Waals surface area (Å²) < 4.78 is 14.8. The molecule has 1 N–H and O–H groups in total. The van der Waals surface area contributed by atoms with E-state index >= 15 is 0 Å². The summed E-state index contributed by atoms with van der Waals surface area (Å²) in [7, 11) is 0. The van der Waals surface area contributed by atoms with Crippen LogP contribution in [0, 0.1) is 12.7 Å². The molecule has 26 heavy (non-hydrogen) atoms.